The van der Waals surface area contributed by atoms with Gasteiger partial charge in [-0.1, -0.05) is 48.5 Å². The zero-order chi connectivity index (χ0) is 16.4. The number of aryl methyl sites for hydroxylation is 2. The van der Waals surface area contributed by atoms with Gasteiger partial charge in [-0.05, 0) is 64.4 Å². The van der Waals surface area contributed by atoms with E-state index in [1.807, 2.05) is 0 Å². The monoisotopic (exact) mass is 316 g/mol. The van der Waals surface area contributed by atoms with Crippen LogP contribution in [0.1, 0.15) is 24.0 Å². The summed E-state index contributed by atoms with van der Waals surface area (Å²) in [5, 5.41) is 13.9. The van der Waals surface area contributed by atoms with Crippen LogP contribution in [0.5, 0.6) is 5.95 Å². The molecule has 5 rings (SSSR count). The molecule has 0 unspecified atom stereocenters. The molecule has 0 saturated carbocycles. The molecule has 1 N–H and O–H groups in total. The highest BCUT2D eigenvalue weighted by atomic mass is 16.5. The lowest BCUT2D eigenvalue weighted by Crippen LogP contribution is -2.02. The van der Waals surface area contributed by atoms with E-state index < -0.39 is 0 Å². The summed E-state index contributed by atoms with van der Waals surface area (Å²) in [6.07, 6.45) is 6.63. The summed E-state index contributed by atoms with van der Waals surface area (Å²) in [6.45, 7) is 0. The Balaban J connectivity index is 0.000000207. The van der Waals surface area contributed by atoms with E-state index in [2.05, 4.69) is 52.9 Å². The summed E-state index contributed by atoms with van der Waals surface area (Å²) in [5.74, 6) is -0.0324. The van der Waals surface area contributed by atoms with Crippen LogP contribution in [0, 0.1) is 0 Å². The van der Waals surface area contributed by atoms with Crippen LogP contribution in [-0.4, -0.2) is 5.11 Å². The van der Waals surface area contributed by atoms with Crippen LogP contribution in [-0.2, 0) is 12.8 Å². The maximum absolute atomic E-state index is 8.31. The Kier molecular flexibility index (Phi) is 3.96. The van der Waals surface area contributed by atoms with Gasteiger partial charge in [0.2, 0.25) is 0 Å². The first-order valence-electron chi connectivity index (χ1n) is 8.47. The van der Waals surface area contributed by atoms with Crippen molar-refractivity contribution in [2.45, 2.75) is 25.7 Å². The van der Waals surface area contributed by atoms with Gasteiger partial charge in [0, 0.05) is 6.07 Å². The highest BCUT2D eigenvalue weighted by Crippen LogP contribution is 2.33. The lowest BCUT2D eigenvalue weighted by atomic mass is 9.86. The summed E-state index contributed by atoms with van der Waals surface area (Å²) in [6, 6.07) is 21.1. The van der Waals surface area contributed by atoms with Crippen molar-refractivity contribution in [2.75, 3.05) is 0 Å². The molecule has 0 radical (unpaired) electrons. The normalized spacial score (nSPS) is 13.3. The molecule has 0 aliphatic heterocycles. The Hall–Kier alpha value is -2.74. The van der Waals surface area contributed by atoms with Crippen molar-refractivity contribution in [2.24, 2.45) is 0 Å². The van der Waals surface area contributed by atoms with Crippen molar-refractivity contribution in [1.29, 1.82) is 0 Å². The van der Waals surface area contributed by atoms with Gasteiger partial charge in [-0.15, -0.1) is 0 Å². The first kappa shape index (κ1) is 14.8. The van der Waals surface area contributed by atoms with E-state index >= 15 is 0 Å². The Bertz CT molecular complexity index is 968. The lowest BCUT2D eigenvalue weighted by molar-refractivity contribution is 0.332. The summed E-state index contributed by atoms with van der Waals surface area (Å²) in [7, 11) is 0. The molecule has 1 heterocycles. The van der Waals surface area contributed by atoms with Crippen LogP contribution in [0.25, 0.3) is 21.5 Å². The van der Waals surface area contributed by atoms with Crippen molar-refractivity contribution < 1.29 is 9.52 Å². The van der Waals surface area contributed by atoms with E-state index in [1.165, 1.54) is 59.6 Å². The molecule has 2 nitrogen and oxygen atoms in total. The largest absolute Gasteiger partial charge is 0.481 e. The molecular weight excluding hydrogens is 296 g/mol. The minimum Gasteiger partial charge on any atom is -0.481 e. The van der Waals surface area contributed by atoms with Gasteiger partial charge in [-0.2, -0.15) is 0 Å². The Morgan fingerprint density at radius 3 is 2.33 bits per heavy atom. The summed E-state index contributed by atoms with van der Waals surface area (Å²) >= 11 is 0. The predicted octanol–water partition coefficient (Wildman–Crippen LogP) is 5.86. The van der Waals surface area contributed by atoms with Gasteiger partial charge in [0.1, 0.15) is 0 Å². The van der Waals surface area contributed by atoms with Crippen molar-refractivity contribution in [3.05, 3.63) is 78.1 Å². The zero-order valence-electron chi connectivity index (χ0n) is 13.5. The maximum Gasteiger partial charge on any atom is 0.281 e. The predicted molar refractivity (Wildman–Crippen MR) is 98.5 cm³/mol. The van der Waals surface area contributed by atoms with Gasteiger partial charge in [-0.3, -0.25) is 0 Å². The number of hydrogen-bond donors (Lipinski definition) is 1. The Morgan fingerprint density at radius 2 is 1.54 bits per heavy atom. The number of furan rings is 1. The molecule has 120 valence electrons. The third kappa shape index (κ3) is 2.76. The second-order valence-electron chi connectivity index (χ2n) is 6.24. The molecule has 1 aliphatic carbocycles. The molecule has 4 aromatic rings. The molecule has 0 saturated heterocycles. The minimum atomic E-state index is -0.0324. The van der Waals surface area contributed by atoms with E-state index in [9.17, 15) is 0 Å². The molecular formula is C22H20O2. The molecule has 0 fully saturated rings. The minimum absolute atomic E-state index is 0.0324. The zero-order valence-corrected chi connectivity index (χ0v) is 13.5. The average Bonchev–Trinajstić information content (AvgIpc) is 3.12. The number of hydrogen-bond acceptors (Lipinski definition) is 2. The topological polar surface area (TPSA) is 33.4 Å². The SMILES string of the molecule is Oc1ccco1.c1ccc2c(c1)ccc1c3c(ccc12)CCCC3. The number of benzene rings is 3. The fourth-order valence-corrected chi connectivity index (χ4v) is 3.61. The van der Waals surface area contributed by atoms with Crippen LogP contribution in [0.15, 0.2) is 71.3 Å². The maximum atomic E-state index is 8.31. The van der Waals surface area contributed by atoms with Crippen LogP contribution >= 0.6 is 0 Å². The van der Waals surface area contributed by atoms with Gasteiger partial charge in [0.25, 0.3) is 5.95 Å². The van der Waals surface area contributed by atoms with E-state index in [4.69, 9.17) is 5.11 Å². The smallest absolute Gasteiger partial charge is 0.281 e. The highest BCUT2D eigenvalue weighted by Gasteiger charge is 2.13. The quantitative estimate of drug-likeness (QED) is 0.412. The van der Waals surface area contributed by atoms with E-state index in [0.717, 1.165) is 0 Å². The lowest BCUT2D eigenvalue weighted by Gasteiger charge is -2.18. The first-order valence-corrected chi connectivity index (χ1v) is 8.47. The standard InChI is InChI=1S/C18H16.C4H4O2/c1-3-7-15-13(5-1)9-11-18-16-8-4-2-6-14(16)10-12-17(15)18;5-4-2-1-3-6-4/h1,3,5,7,9-12H,2,4,6,8H2;1-3,5H. The molecule has 2 heteroatoms. The van der Waals surface area contributed by atoms with E-state index in [-0.39, 0.29) is 5.95 Å². The Labute approximate surface area is 141 Å². The second kappa shape index (κ2) is 6.40. The third-order valence-corrected chi connectivity index (χ3v) is 4.76. The van der Waals surface area contributed by atoms with Crippen molar-refractivity contribution in [1.82, 2.24) is 0 Å². The van der Waals surface area contributed by atoms with Crippen LogP contribution in [0.2, 0.25) is 0 Å². The van der Waals surface area contributed by atoms with E-state index in [0.29, 0.717) is 0 Å². The third-order valence-electron chi connectivity index (χ3n) is 4.76. The number of fused-ring (bicyclic) bond motifs is 5. The fraction of sp³-hybridized carbons (Fsp3) is 0.182. The van der Waals surface area contributed by atoms with Crippen molar-refractivity contribution in [3.63, 3.8) is 0 Å². The van der Waals surface area contributed by atoms with Crippen LogP contribution in [0.4, 0.5) is 0 Å². The molecule has 0 atom stereocenters. The number of rotatable bonds is 0. The van der Waals surface area contributed by atoms with Gasteiger partial charge in [-0.25, -0.2) is 0 Å². The fourth-order valence-electron chi connectivity index (χ4n) is 3.61. The molecule has 24 heavy (non-hydrogen) atoms. The molecule has 0 spiro atoms. The van der Waals surface area contributed by atoms with E-state index in [1.54, 1.807) is 17.2 Å². The van der Waals surface area contributed by atoms with Gasteiger partial charge in [0.15, 0.2) is 0 Å². The molecule has 0 amide bonds. The number of aromatic hydroxyl groups is 1. The van der Waals surface area contributed by atoms with Gasteiger partial charge in [0.05, 0.1) is 6.26 Å². The van der Waals surface area contributed by atoms with Crippen LogP contribution < -0.4 is 0 Å². The second-order valence-corrected chi connectivity index (χ2v) is 6.24. The first-order chi connectivity index (χ1) is 11.8. The van der Waals surface area contributed by atoms with Crippen LogP contribution in [0.3, 0.4) is 0 Å². The summed E-state index contributed by atoms with van der Waals surface area (Å²) in [4.78, 5) is 0. The molecule has 1 aromatic heterocycles. The Morgan fingerprint density at radius 1 is 0.708 bits per heavy atom. The van der Waals surface area contributed by atoms with Crippen molar-refractivity contribution >= 4 is 21.5 Å². The van der Waals surface area contributed by atoms with Crippen molar-refractivity contribution in [3.8, 4) is 5.95 Å². The average molecular weight is 316 g/mol. The summed E-state index contributed by atoms with van der Waals surface area (Å²) in [5.41, 5.74) is 3.17. The molecule has 1 aliphatic rings. The highest BCUT2D eigenvalue weighted by molar-refractivity contribution is 6.08. The summed E-state index contributed by atoms with van der Waals surface area (Å²) < 4.78 is 4.39. The van der Waals surface area contributed by atoms with Gasteiger partial charge >= 0.3 is 0 Å². The molecule has 0 bridgehead atoms. The van der Waals surface area contributed by atoms with Gasteiger partial charge < -0.3 is 9.52 Å². The molecule has 3 aromatic carbocycles.